The number of carbonyl (C=O) groups excluding carboxylic acids is 3. The molecule has 0 fully saturated rings. The average molecular weight is 1160 g/mol. The van der Waals surface area contributed by atoms with Gasteiger partial charge in [0.15, 0.2) is 12.4 Å². The fourth-order valence-electron chi connectivity index (χ4n) is 10.1. The molecule has 0 aliphatic rings. The quantitative estimate of drug-likeness (QED) is 0.0195. The monoisotopic (exact) mass is 1160 g/mol. The Morgan fingerprint density at radius 3 is 1.02 bits per heavy atom. The Morgan fingerprint density at radius 2 is 0.687 bits per heavy atom. The summed E-state index contributed by atoms with van der Waals surface area (Å²) in [4.78, 5) is 37.5. The molecule has 0 aliphatic carbocycles. The molecule has 0 bridgehead atoms. The van der Waals surface area contributed by atoms with Crippen molar-refractivity contribution in [1.29, 1.82) is 0 Å². The first-order valence-corrected chi connectivity index (χ1v) is 35.1. The highest BCUT2D eigenvalue weighted by atomic mass is 16.7. The van der Waals surface area contributed by atoms with Crippen molar-refractivity contribution in [2.45, 2.75) is 334 Å². The van der Waals surface area contributed by atoms with E-state index >= 15 is 0 Å². The van der Waals surface area contributed by atoms with Gasteiger partial charge in [-0.2, -0.15) is 0 Å². The molecular weight excluding hydrogens is 1030 g/mol. The minimum absolute atomic E-state index is 0.148. The minimum Gasteiger partial charge on any atom is -0.545 e. The number of allylic oxidation sites excluding steroid dienone is 12. The maximum Gasteiger partial charge on any atom is 0.306 e. The van der Waals surface area contributed by atoms with E-state index in [2.05, 4.69) is 86.8 Å². The summed E-state index contributed by atoms with van der Waals surface area (Å²) in [6, 6.07) is 0. The zero-order valence-electron chi connectivity index (χ0n) is 55.1. The van der Waals surface area contributed by atoms with Gasteiger partial charge in [-0.1, -0.05) is 318 Å². The summed E-state index contributed by atoms with van der Waals surface area (Å²) >= 11 is 0. The molecule has 0 spiro atoms. The van der Waals surface area contributed by atoms with E-state index in [9.17, 15) is 19.5 Å². The maximum atomic E-state index is 12.9. The van der Waals surface area contributed by atoms with Gasteiger partial charge in [-0.3, -0.25) is 9.59 Å². The molecular formula is C74H133NO8. The predicted molar refractivity (Wildman–Crippen MR) is 352 cm³/mol. The number of ether oxygens (including phenoxy) is 4. The standard InChI is InChI=1S/C74H133NO8/c1-6-8-10-12-14-16-18-20-22-24-26-28-30-32-33-34-35-36-37-38-39-41-43-45-47-49-51-53-55-57-59-61-63-65-72(77)83-70(69-82-74(73(78)79)80-67-66-75(3,4)5)68-81-71(76)64-62-60-58-56-54-52-50-48-46-44-42-40-31-29-27-25-23-21-19-17-15-13-11-9-7-2/h8,10,14,16,20,22,26,28,32-33,35-36,70,74H,6-7,9,11-13,15,17-19,21,23-25,27,29-31,34,37-69H2,1-5H3/b10-8-,16-14-,22-20-,28-26-,33-32-,36-35-. The van der Waals surface area contributed by atoms with Gasteiger partial charge in [0.1, 0.15) is 13.2 Å². The van der Waals surface area contributed by atoms with Crippen LogP contribution in [0.2, 0.25) is 0 Å². The number of hydrogen-bond donors (Lipinski definition) is 0. The Hall–Kier alpha value is -3.27. The van der Waals surface area contributed by atoms with Gasteiger partial charge in [0, 0.05) is 12.8 Å². The highest BCUT2D eigenvalue weighted by Gasteiger charge is 2.22. The number of carboxylic acid groups (broad SMARTS) is 1. The second kappa shape index (κ2) is 64.7. The van der Waals surface area contributed by atoms with Crippen molar-refractivity contribution >= 4 is 17.9 Å². The fourth-order valence-corrected chi connectivity index (χ4v) is 10.1. The lowest BCUT2D eigenvalue weighted by molar-refractivity contribution is -0.870. The molecule has 0 aromatic heterocycles. The van der Waals surface area contributed by atoms with Crippen LogP contribution in [0.25, 0.3) is 0 Å². The van der Waals surface area contributed by atoms with Crippen molar-refractivity contribution in [1.82, 2.24) is 0 Å². The van der Waals surface area contributed by atoms with Gasteiger partial charge in [-0.25, -0.2) is 0 Å². The molecule has 9 nitrogen and oxygen atoms in total. The molecule has 0 aliphatic heterocycles. The first-order chi connectivity index (χ1) is 40.6. The molecule has 2 unspecified atom stereocenters. The van der Waals surface area contributed by atoms with Crippen molar-refractivity contribution in [2.75, 3.05) is 47.5 Å². The zero-order chi connectivity index (χ0) is 60.5. The number of nitrogens with zero attached hydrogens (tertiary/aromatic N) is 1. The molecule has 0 rings (SSSR count). The third-order valence-corrected chi connectivity index (χ3v) is 15.5. The van der Waals surface area contributed by atoms with E-state index in [1.165, 1.54) is 212 Å². The molecule has 0 N–H and O–H groups in total. The molecule has 0 aromatic rings. The lowest BCUT2D eigenvalue weighted by atomic mass is 10.0. The minimum atomic E-state index is -1.62. The van der Waals surface area contributed by atoms with E-state index in [-0.39, 0.29) is 32.2 Å². The number of hydrogen-bond acceptors (Lipinski definition) is 8. The molecule has 0 amide bonds. The number of likely N-dealkylation sites (N-methyl/N-ethyl adjacent to an activating group) is 1. The van der Waals surface area contributed by atoms with Gasteiger partial charge in [0.05, 0.1) is 40.3 Å². The van der Waals surface area contributed by atoms with E-state index in [1.807, 2.05) is 21.1 Å². The Labute approximate surface area is 513 Å². The number of carbonyl (C=O) groups is 3. The summed E-state index contributed by atoms with van der Waals surface area (Å²) in [5.41, 5.74) is 0. The van der Waals surface area contributed by atoms with Crippen LogP contribution >= 0.6 is 0 Å². The number of carboxylic acids is 1. The van der Waals surface area contributed by atoms with Crippen LogP contribution in [0, 0.1) is 0 Å². The van der Waals surface area contributed by atoms with Gasteiger partial charge in [-0.05, 0) is 64.2 Å². The highest BCUT2D eigenvalue weighted by Crippen LogP contribution is 2.18. The topological polar surface area (TPSA) is 111 Å². The van der Waals surface area contributed by atoms with Crippen LogP contribution in [0.15, 0.2) is 72.9 Å². The SMILES string of the molecule is CC/C=C\C/C=C\C/C=C\C/C=C\C/C=C\C/C=C\CCCCCCCCCCCCCCCCC(=O)OC(COC(=O)CCCCCCCCCCCCCCCCCCCCCCCCCCC)COC(OCC[N+](C)(C)C)C(=O)[O-]. The van der Waals surface area contributed by atoms with Crippen molar-refractivity contribution < 1.29 is 42.9 Å². The van der Waals surface area contributed by atoms with Gasteiger partial charge in [-0.15, -0.1) is 0 Å². The Kier molecular flexibility index (Phi) is 62.2. The summed E-state index contributed by atoms with van der Waals surface area (Å²) in [5, 5.41) is 11.8. The Morgan fingerprint density at radius 1 is 0.373 bits per heavy atom. The molecule has 0 aromatic carbocycles. The fraction of sp³-hybridized carbons (Fsp3) is 0.797. The molecule has 0 saturated heterocycles. The van der Waals surface area contributed by atoms with Gasteiger partial charge in [0.2, 0.25) is 0 Å². The first kappa shape index (κ1) is 79.7. The normalized spacial score (nSPS) is 13.1. The van der Waals surface area contributed by atoms with Crippen molar-refractivity contribution in [3.05, 3.63) is 72.9 Å². The van der Waals surface area contributed by atoms with Crippen LogP contribution < -0.4 is 5.11 Å². The van der Waals surface area contributed by atoms with Gasteiger partial charge < -0.3 is 33.3 Å². The number of esters is 2. The smallest absolute Gasteiger partial charge is 0.306 e. The predicted octanol–water partition coefficient (Wildman–Crippen LogP) is 20.4. The van der Waals surface area contributed by atoms with Crippen LogP contribution in [0.5, 0.6) is 0 Å². The Balaban J connectivity index is 4.10. The average Bonchev–Trinajstić information content (AvgIpc) is 3.46. The second-order valence-electron chi connectivity index (χ2n) is 24.8. The van der Waals surface area contributed by atoms with E-state index in [0.717, 1.165) is 77.0 Å². The van der Waals surface area contributed by atoms with E-state index < -0.39 is 24.3 Å². The van der Waals surface area contributed by atoms with Crippen LogP contribution in [-0.2, 0) is 33.3 Å². The highest BCUT2D eigenvalue weighted by molar-refractivity contribution is 5.70. The number of aliphatic carboxylic acids is 1. The second-order valence-corrected chi connectivity index (χ2v) is 24.8. The molecule has 0 heterocycles. The largest absolute Gasteiger partial charge is 0.545 e. The van der Waals surface area contributed by atoms with Gasteiger partial charge >= 0.3 is 11.9 Å². The van der Waals surface area contributed by atoms with E-state index in [4.69, 9.17) is 18.9 Å². The summed E-state index contributed by atoms with van der Waals surface area (Å²) in [6.07, 6.45) is 82.7. The molecule has 0 saturated carbocycles. The Bertz CT molecular complexity index is 1590. The molecule has 2 atom stereocenters. The van der Waals surface area contributed by atoms with E-state index in [0.29, 0.717) is 23.9 Å². The zero-order valence-corrected chi connectivity index (χ0v) is 55.1. The summed E-state index contributed by atoms with van der Waals surface area (Å²) < 4.78 is 22.8. The third kappa shape index (κ3) is 66.1. The lowest BCUT2D eigenvalue weighted by Gasteiger charge is -2.26. The van der Waals surface area contributed by atoms with Crippen molar-refractivity contribution in [3.63, 3.8) is 0 Å². The lowest BCUT2D eigenvalue weighted by Crippen LogP contribution is -2.44. The van der Waals surface area contributed by atoms with Crippen LogP contribution in [0.4, 0.5) is 0 Å². The summed E-state index contributed by atoms with van der Waals surface area (Å²) in [6.45, 7) is 4.68. The maximum absolute atomic E-state index is 12.9. The van der Waals surface area contributed by atoms with Gasteiger partial charge in [0.25, 0.3) is 0 Å². The van der Waals surface area contributed by atoms with Crippen molar-refractivity contribution in [2.24, 2.45) is 0 Å². The molecule has 0 radical (unpaired) electrons. The third-order valence-electron chi connectivity index (χ3n) is 15.5. The summed E-state index contributed by atoms with van der Waals surface area (Å²) in [5.74, 6) is -2.26. The number of unbranched alkanes of at least 4 members (excludes halogenated alkanes) is 38. The first-order valence-electron chi connectivity index (χ1n) is 35.1. The van der Waals surface area contributed by atoms with Crippen LogP contribution in [0.1, 0.15) is 322 Å². The number of quaternary nitrogens is 1. The van der Waals surface area contributed by atoms with Crippen LogP contribution in [0.3, 0.4) is 0 Å². The molecule has 482 valence electrons. The molecule has 83 heavy (non-hydrogen) atoms. The number of rotatable bonds is 65. The summed E-state index contributed by atoms with van der Waals surface area (Å²) in [7, 11) is 5.94. The van der Waals surface area contributed by atoms with Crippen LogP contribution in [-0.4, -0.2) is 82.3 Å². The van der Waals surface area contributed by atoms with E-state index in [1.54, 1.807) is 0 Å². The van der Waals surface area contributed by atoms with Crippen molar-refractivity contribution in [3.8, 4) is 0 Å². The molecule has 9 heteroatoms.